The summed E-state index contributed by atoms with van der Waals surface area (Å²) in [5, 5.41) is 6.32. The van der Waals surface area contributed by atoms with Crippen molar-refractivity contribution in [3.05, 3.63) is 28.4 Å². The molecule has 7 nitrogen and oxygen atoms in total. The predicted octanol–water partition coefficient (Wildman–Crippen LogP) is 0.382. The number of nitrogens with zero attached hydrogens (tertiary/aromatic N) is 4. The van der Waals surface area contributed by atoms with Gasteiger partial charge in [-0.2, -0.15) is 4.52 Å². The van der Waals surface area contributed by atoms with Gasteiger partial charge < -0.3 is 5.32 Å². The molecule has 1 unspecified atom stereocenters. The van der Waals surface area contributed by atoms with Crippen molar-refractivity contribution in [2.24, 2.45) is 0 Å². The third-order valence-electron chi connectivity index (χ3n) is 4.04. The molecule has 0 saturated carbocycles. The Morgan fingerprint density at radius 1 is 1.48 bits per heavy atom. The SMILES string of the molecule is CCN(Cc1cc(=O)n2[nH]cnc2n1)CC1CCCCN1. The lowest BCUT2D eigenvalue weighted by molar-refractivity contribution is 0.224. The number of aromatic amines is 1. The van der Waals surface area contributed by atoms with Crippen LogP contribution in [0.3, 0.4) is 0 Å². The summed E-state index contributed by atoms with van der Waals surface area (Å²) in [4.78, 5) is 22.8. The first-order valence-electron chi connectivity index (χ1n) is 7.64. The summed E-state index contributed by atoms with van der Waals surface area (Å²) in [6, 6.07) is 2.14. The molecule has 21 heavy (non-hydrogen) atoms. The van der Waals surface area contributed by atoms with Crippen molar-refractivity contribution in [3.63, 3.8) is 0 Å². The van der Waals surface area contributed by atoms with Crippen LogP contribution in [0.4, 0.5) is 0 Å². The van der Waals surface area contributed by atoms with E-state index < -0.39 is 0 Å². The highest BCUT2D eigenvalue weighted by molar-refractivity contribution is 5.25. The van der Waals surface area contributed by atoms with Gasteiger partial charge >= 0.3 is 0 Å². The lowest BCUT2D eigenvalue weighted by Gasteiger charge is -2.29. The molecule has 1 saturated heterocycles. The Kier molecular flexibility index (Phi) is 4.31. The summed E-state index contributed by atoms with van der Waals surface area (Å²) < 4.78 is 1.35. The molecule has 3 rings (SSSR count). The van der Waals surface area contributed by atoms with E-state index in [0.717, 1.165) is 25.3 Å². The van der Waals surface area contributed by atoms with Crippen LogP contribution >= 0.6 is 0 Å². The zero-order valence-electron chi connectivity index (χ0n) is 12.4. The van der Waals surface area contributed by atoms with Crippen molar-refractivity contribution in [2.45, 2.75) is 38.8 Å². The lowest BCUT2D eigenvalue weighted by Crippen LogP contribution is -2.43. The maximum atomic E-state index is 11.9. The normalized spacial score (nSPS) is 19.4. The van der Waals surface area contributed by atoms with Crippen LogP contribution in [-0.2, 0) is 6.54 Å². The average molecular weight is 290 g/mol. The van der Waals surface area contributed by atoms with Crippen molar-refractivity contribution < 1.29 is 0 Å². The quantitative estimate of drug-likeness (QED) is 0.832. The minimum Gasteiger partial charge on any atom is -0.313 e. The number of likely N-dealkylation sites (N-methyl/N-ethyl adjacent to an activating group) is 1. The van der Waals surface area contributed by atoms with E-state index in [1.807, 2.05) is 0 Å². The van der Waals surface area contributed by atoms with Gasteiger partial charge in [-0.25, -0.2) is 9.97 Å². The molecule has 114 valence electrons. The highest BCUT2D eigenvalue weighted by Gasteiger charge is 2.16. The monoisotopic (exact) mass is 290 g/mol. The van der Waals surface area contributed by atoms with Crippen LogP contribution in [0, 0.1) is 0 Å². The third-order valence-corrected chi connectivity index (χ3v) is 4.04. The van der Waals surface area contributed by atoms with Crippen molar-refractivity contribution in [1.82, 2.24) is 29.8 Å². The largest absolute Gasteiger partial charge is 0.313 e. The summed E-state index contributed by atoms with van der Waals surface area (Å²) in [7, 11) is 0. The number of fused-ring (bicyclic) bond motifs is 1. The molecule has 1 fully saturated rings. The van der Waals surface area contributed by atoms with Gasteiger partial charge in [-0.3, -0.25) is 14.8 Å². The molecule has 1 atom stereocenters. The van der Waals surface area contributed by atoms with Gasteiger partial charge in [0.2, 0.25) is 0 Å². The molecule has 0 aliphatic carbocycles. The number of H-pyrrole nitrogens is 1. The minimum atomic E-state index is -0.112. The van der Waals surface area contributed by atoms with Gasteiger partial charge in [-0.15, -0.1) is 0 Å². The van der Waals surface area contributed by atoms with E-state index in [9.17, 15) is 4.79 Å². The molecule has 0 bridgehead atoms. The predicted molar refractivity (Wildman–Crippen MR) is 80.2 cm³/mol. The molecule has 2 aromatic heterocycles. The molecule has 0 aromatic carbocycles. The van der Waals surface area contributed by atoms with E-state index >= 15 is 0 Å². The van der Waals surface area contributed by atoms with Crippen LogP contribution < -0.4 is 10.9 Å². The molecule has 1 aliphatic heterocycles. The molecular formula is C14H22N6O. The van der Waals surface area contributed by atoms with E-state index in [4.69, 9.17) is 0 Å². The molecule has 3 heterocycles. The molecule has 0 radical (unpaired) electrons. The molecule has 2 N–H and O–H groups in total. The highest BCUT2D eigenvalue weighted by atomic mass is 16.1. The van der Waals surface area contributed by atoms with Crippen molar-refractivity contribution >= 4 is 5.78 Å². The number of nitrogens with one attached hydrogen (secondary N) is 2. The summed E-state index contributed by atoms with van der Waals surface area (Å²) in [6.07, 6.45) is 5.28. The van der Waals surface area contributed by atoms with Crippen molar-refractivity contribution in [3.8, 4) is 0 Å². The summed E-state index contributed by atoms with van der Waals surface area (Å²) in [5.41, 5.74) is 0.670. The minimum absolute atomic E-state index is 0.112. The van der Waals surface area contributed by atoms with Gasteiger partial charge in [0.1, 0.15) is 6.33 Å². The van der Waals surface area contributed by atoms with E-state index in [1.165, 1.54) is 30.1 Å². The van der Waals surface area contributed by atoms with Crippen LogP contribution in [0.1, 0.15) is 31.9 Å². The van der Waals surface area contributed by atoms with Crippen LogP contribution in [0.15, 0.2) is 17.2 Å². The average Bonchev–Trinajstić information content (AvgIpc) is 2.96. The van der Waals surface area contributed by atoms with Crippen molar-refractivity contribution in [2.75, 3.05) is 19.6 Å². The molecule has 0 amide bonds. The Balaban J connectivity index is 1.70. The smallest absolute Gasteiger partial charge is 0.274 e. The Morgan fingerprint density at radius 3 is 3.14 bits per heavy atom. The van der Waals surface area contributed by atoms with E-state index in [2.05, 4.69) is 32.2 Å². The zero-order chi connectivity index (χ0) is 14.7. The van der Waals surface area contributed by atoms with Gasteiger partial charge in [-0.1, -0.05) is 13.3 Å². The Morgan fingerprint density at radius 2 is 2.38 bits per heavy atom. The second-order valence-corrected chi connectivity index (χ2v) is 5.58. The van der Waals surface area contributed by atoms with Gasteiger partial charge in [0.05, 0.1) is 5.69 Å². The summed E-state index contributed by atoms with van der Waals surface area (Å²) >= 11 is 0. The number of piperidine rings is 1. The Hall–Kier alpha value is -1.73. The van der Waals surface area contributed by atoms with Crippen LogP contribution in [-0.4, -0.2) is 50.2 Å². The number of hydrogen-bond donors (Lipinski definition) is 2. The van der Waals surface area contributed by atoms with Crippen molar-refractivity contribution in [1.29, 1.82) is 0 Å². The van der Waals surface area contributed by atoms with Gasteiger partial charge in [0.25, 0.3) is 11.3 Å². The maximum Gasteiger partial charge on any atom is 0.274 e. The fraction of sp³-hybridized carbons (Fsp3) is 0.643. The first kappa shape index (κ1) is 14.2. The Labute approximate surface area is 123 Å². The zero-order valence-corrected chi connectivity index (χ0v) is 12.4. The van der Waals surface area contributed by atoms with Crippen LogP contribution in [0.25, 0.3) is 5.78 Å². The number of rotatable bonds is 5. The highest BCUT2D eigenvalue weighted by Crippen LogP contribution is 2.10. The molecule has 1 aliphatic rings. The number of hydrogen-bond acceptors (Lipinski definition) is 5. The Bertz CT molecular complexity index is 642. The standard InChI is InChI=1S/C14H22N6O/c1-2-19(8-11-5-3-4-6-15-11)9-12-7-13(21)20-14(18-12)16-10-17-20/h7,10-11,15H,2-6,8-9H2,1H3,(H,16,17,18). The van der Waals surface area contributed by atoms with Crippen LogP contribution in [0.2, 0.25) is 0 Å². The van der Waals surface area contributed by atoms with Gasteiger partial charge in [0.15, 0.2) is 0 Å². The second-order valence-electron chi connectivity index (χ2n) is 5.58. The molecule has 0 spiro atoms. The van der Waals surface area contributed by atoms with E-state index in [1.54, 1.807) is 6.07 Å². The first-order chi connectivity index (χ1) is 10.3. The maximum absolute atomic E-state index is 11.9. The second kappa shape index (κ2) is 6.36. The molecule has 2 aromatic rings. The summed E-state index contributed by atoms with van der Waals surface area (Å²) in [5.74, 6) is 0.435. The van der Waals surface area contributed by atoms with Crippen LogP contribution in [0.5, 0.6) is 0 Å². The lowest BCUT2D eigenvalue weighted by atomic mass is 10.0. The molecule has 7 heteroatoms. The third kappa shape index (κ3) is 3.30. The summed E-state index contributed by atoms with van der Waals surface area (Å²) in [6.45, 7) is 5.88. The molecular weight excluding hydrogens is 268 g/mol. The fourth-order valence-electron chi connectivity index (χ4n) is 2.88. The number of aromatic nitrogens is 4. The van der Waals surface area contributed by atoms with E-state index in [0.29, 0.717) is 18.4 Å². The van der Waals surface area contributed by atoms with Gasteiger partial charge in [0, 0.05) is 25.2 Å². The topological polar surface area (TPSA) is 78.3 Å². The van der Waals surface area contributed by atoms with Gasteiger partial charge in [-0.05, 0) is 25.9 Å². The first-order valence-corrected chi connectivity index (χ1v) is 7.64. The fourth-order valence-corrected chi connectivity index (χ4v) is 2.88. The van der Waals surface area contributed by atoms with E-state index in [-0.39, 0.29) is 5.56 Å².